The smallest absolute Gasteiger partial charge is 0.333 e. The second-order valence-electron chi connectivity index (χ2n) is 3.62. The maximum absolute atomic E-state index is 11.5. The summed E-state index contributed by atoms with van der Waals surface area (Å²) in [6, 6.07) is 0. The predicted octanol–water partition coefficient (Wildman–Crippen LogP) is 2.39. The lowest BCUT2D eigenvalue weighted by molar-refractivity contribution is -0.153. The second-order valence-corrected chi connectivity index (χ2v) is 3.62. The summed E-state index contributed by atoms with van der Waals surface area (Å²) in [4.78, 5) is 22.4. The zero-order chi connectivity index (χ0) is 13.3. The molecule has 0 bridgehead atoms. The average molecular weight is 240 g/mol. The Morgan fingerprint density at radius 2 is 2.06 bits per heavy atom. The minimum Gasteiger partial charge on any atom is -0.459 e. The van der Waals surface area contributed by atoms with E-state index in [1.54, 1.807) is 19.9 Å². The van der Waals surface area contributed by atoms with Crippen LogP contribution in [0, 0.1) is 0 Å². The van der Waals surface area contributed by atoms with Crippen molar-refractivity contribution in [2.75, 3.05) is 6.61 Å². The first-order valence-corrected chi connectivity index (χ1v) is 5.68. The van der Waals surface area contributed by atoms with Crippen molar-refractivity contribution in [3.05, 3.63) is 24.3 Å². The monoisotopic (exact) mass is 240 g/mol. The number of hydrogen-bond acceptors (Lipinski definition) is 4. The van der Waals surface area contributed by atoms with Crippen LogP contribution in [0.3, 0.4) is 0 Å². The summed E-state index contributed by atoms with van der Waals surface area (Å²) < 4.78 is 10.1. The molecular formula is C13H20O4. The first kappa shape index (κ1) is 15.4. The number of rotatable bonds is 7. The van der Waals surface area contributed by atoms with Gasteiger partial charge in [0.25, 0.3) is 0 Å². The van der Waals surface area contributed by atoms with E-state index >= 15 is 0 Å². The van der Waals surface area contributed by atoms with Gasteiger partial charge in [0.05, 0.1) is 0 Å². The largest absolute Gasteiger partial charge is 0.459 e. The van der Waals surface area contributed by atoms with E-state index < -0.39 is 12.1 Å². The highest BCUT2D eigenvalue weighted by Gasteiger charge is 2.16. The van der Waals surface area contributed by atoms with Crippen LogP contribution in [0.4, 0.5) is 0 Å². The van der Waals surface area contributed by atoms with E-state index in [-0.39, 0.29) is 12.6 Å². The maximum atomic E-state index is 11.5. The molecule has 1 unspecified atom stereocenters. The minimum atomic E-state index is -0.509. The van der Waals surface area contributed by atoms with Gasteiger partial charge in [-0.2, -0.15) is 0 Å². The maximum Gasteiger partial charge on any atom is 0.333 e. The highest BCUT2D eigenvalue weighted by Crippen LogP contribution is 2.07. The van der Waals surface area contributed by atoms with Crippen LogP contribution in [-0.4, -0.2) is 24.6 Å². The van der Waals surface area contributed by atoms with Gasteiger partial charge in [-0.25, -0.2) is 9.59 Å². The SMILES string of the molecule is C=CC(=O)OCC(CCC)OC(=O)C(C)=CC. The number of hydrogen-bond donors (Lipinski definition) is 0. The Labute approximate surface area is 102 Å². The van der Waals surface area contributed by atoms with Crippen molar-refractivity contribution in [3.63, 3.8) is 0 Å². The Morgan fingerprint density at radius 3 is 2.53 bits per heavy atom. The molecular weight excluding hydrogens is 220 g/mol. The Balaban J connectivity index is 4.28. The van der Waals surface area contributed by atoms with Crippen LogP contribution in [0.25, 0.3) is 0 Å². The van der Waals surface area contributed by atoms with Crippen LogP contribution in [-0.2, 0) is 19.1 Å². The molecule has 0 amide bonds. The van der Waals surface area contributed by atoms with Crippen molar-refractivity contribution in [1.82, 2.24) is 0 Å². The van der Waals surface area contributed by atoms with Crippen LogP contribution < -0.4 is 0 Å². The van der Waals surface area contributed by atoms with Gasteiger partial charge in [-0.3, -0.25) is 0 Å². The Bertz CT molecular complexity index is 305. The molecule has 0 radical (unpaired) electrons. The van der Waals surface area contributed by atoms with E-state index in [0.717, 1.165) is 12.5 Å². The first-order chi connectivity index (χ1) is 8.04. The van der Waals surface area contributed by atoms with Gasteiger partial charge in [0.1, 0.15) is 12.7 Å². The molecule has 4 heteroatoms. The number of carbonyl (C=O) groups excluding carboxylic acids is 2. The summed E-state index contributed by atoms with van der Waals surface area (Å²) in [6.07, 6.45) is 3.88. The molecule has 0 aliphatic carbocycles. The number of ether oxygens (including phenoxy) is 2. The topological polar surface area (TPSA) is 52.6 Å². The molecule has 0 N–H and O–H groups in total. The standard InChI is InChI=1S/C13H20O4/c1-5-8-11(9-16-12(14)7-3)17-13(15)10(4)6-2/h6-7,11H,3,5,8-9H2,1-2,4H3. The third-order valence-electron chi connectivity index (χ3n) is 2.22. The third kappa shape index (κ3) is 6.56. The summed E-state index contributed by atoms with van der Waals surface area (Å²) in [5, 5.41) is 0. The molecule has 96 valence electrons. The molecule has 0 aromatic heterocycles. The van der Waals surface area contributed by atoms with Gasteiger partial charge in [-0.05, 0) is 20.3 Å². The van der Waals surface area contributed by atoms with E-state index in [1.807, 2.05) is 6.92 Å². The molecule has 0 aliphatic rings. The normalized spacial score (nSPS) is 12.8. The molecule has 0 heterocycles. The van der Waals surface area contributed by atoms with Crippen LogP contribution in [0.2, 0.25) is 0 Å². The minimum absolute atomic E-state index is 0.0709. The molecule has 0 aromatic rings. The molecule has 0 aliphatic heterocycles. The molecule has 0 aromatic carbocycles. The molecule has 0 spiro atoms. The number of carbonyl (C=O) groups is 2. The van der Waals surface area contributed by atoms with E-state index in [1.165, 1.54) is 0 Å². The zero-order valence-corrected chi connectivity index (χ0v) is 10.7. The summed E-state index contributed by atoms with van der Waals surface area (Å²) in [5.74, 6) is -0.884. The van der Waals surface area contributed by atoms with Gasteiger partial charge in [-0.1, -0.05) is 26.0 Å². The van der Waals surface area contributed by atoms with Gasteiger partial charge in [0.2, 0.25) is 0 Å². The molecule has 17 heavy (non-hydrogen) atoms. The van der Waals surface area contributed by atoms with E-state index in [2.05, 4.69) is 6.58 Å². The molecule has 0 saturated carbocycles. The van der Waals surface area contributed by atoms with Gasteiger partial charge < -0.3 is 9.47 Å². The summed E-state index contributed by atoms with van der Waals surface area (Å²) >= 11 is 0. The quantitative estimate of drug-likeness (QED) is 0.506. The highest BCUT2D eigenvalue weighted by molar-refractivity contribution is 5.87. The fraction of sp³-hybridized carbons (Fsp3) is 0.538. The van der Waals surface area contributed by atoms with Crippen molar-refractivity contribution >= 4 is 11.9 Å². The van der Waals surface area contributed by atoms with Crippen LogP contribution >= 0.6 is 0 Å². The first-order valence-electron chi connectivity index (χ1n) is 5.68. The highest BCUT2D eigenvalue weighted by atomic mass is 16.6. The zero-order valence-electron chi connectivity index (χ0n) is 10.7. The lowest BCUT2D eigenvalue weighted by atomic mass is 10.2. The Kier molecular flexibility index (Phi) is 7.76. The van der Waals surface area contributed by atoms with E-state index in [9.17, 15) is 9.59 Å². The van der Waals surface area contributed by atoms with E-state index in [0.29, 0.717) is 12.0 Å². The van der Waals surface area contributed by atoms with Gasteiger partial charge in [-0.15, -0.1) is 0 Å². The van der Waals surface area contributed by atoms with Crippen molar-refractivity contribution in [1.29, 1.82) is 0 Å². The van der Waals surface area contributed by atoms with Crippen LogP contribution in [0.5, 0.6) is 0 Å². The molecule has 0 fully saturated rings. The second kappa shape index (κ2) is 8.56. The number of allylic oxidation sites excluding steroid dienone is 1. The molecule has 4 nitrogen and oxygen atoms in total. The lowest BCUT2D eigenvalue weighted by Gasteiger charge is -2.17. The molecule has 0 rings (SSSR count). The summed E-state index contributed by atoms with van der Waals surface area (Å²) in [5.41, 5.74) is 0.543. The average Bonchev–Trinajstić information content (AvgIpc) is 2.34. The van der Waals surface area contributed by atoms with Crippen LogP contribution in [0.1, 0.15) is 33.6 Å². The Hall–Kier alpha value is -1.58. The van der Waals surface area contributed by atoms with Crippen molar-refractivity contribution in [3.8, 4) is 0 Å². The Morgan fingerprint density at radius 1 is 1.41 bits per heavy atom. The lowest BCUT2D eigenvalue weighted by Crippen LogP contribution is -2.25. The third-order valence-corrected chi connectivity index (χ3v) is 2.22. The van der Waals surface area contributed by atoms with Crippen molar-refractivity contribution in [2.45, 2.75) is 39.7 Å². The molecule has 1 atom stereocenters. The van der Waals surface area contributed by atoms with Gasteiger partial charge in [0.15, 0.2) is 0 Å². The van der Waals surface area contributed by atoms with Gasteiger partial charge in [0, 0.05) is 11.6 Å². The predicted molar refractivity (Wildman–Crippen MR) is 65.4 cm³/mol. The number of esters is 2. The fourth-order valence-electron chi connectivity index (χ4n) is 1.09. The van der Waals surface area contributed by atoms with Crippen LogP contribution in [0.15, 0.2) is 24.3 Å². The summed E-state index contributed by atoms with van der Waals surface area (Å²) in [6.45, 7) is 8.79. The molecule has 0 saturated heterocycles. The van der Waals surface area contributed by atoms with Crippen molar-refractivity contribution in [2.24, 2.45) is 0 Å². The fourth-order valence-corrected chi connectivity index (χ4v) is 1.09. The van der Waals surface area contributed by atoms with E-state index in [4.69, 9.17) is 9.47 Å². The summed E-state index contributed by atoms with van der Waals surface area (Å²) in [7, 11) is 0. The van der Waals surface area contributed by atoms with Gasteiger partial charge >= 0.3 is 11.9 Å². The van der Waals surface area contributed by atoms with Crippen molar-refractivity contribution < 1.29 is 19.1 Å².